The van der Waals surface area contributed by atoms with Crippen LogP contribution in [-0.2, 0) is 4.79 Å². The van der Waals surface area contributed by atoms with Gasteiger partial charge in [0.2, 0.25) is 5.91 Å². The minimum absolute atomic E-state index is 0.00961. The number of aromatic carboxylic acids is 1. The number of hydrogen-bond acceptors (Lipinski definition) is 4. The van der Waals surface area contributed by atoms with Crippen molar-refractivity contribution in [2.24, 2.45) is 11.8 Å². The first-order chi connectivity index (χ1) is 13.7. The topological polar surface area (TPSA) is 101 Å². The summed E-state index contributed by atoms with van der Waals surface area (Å²) in [5, 5.41) is 14.3. The highest BCUT2D eigenvalue weighted by atomic mass is 16.4. The van der Waals surface area contributed by atoms with Gasteiger partial charge in [-0.15, -0.1) is 5.10 Å². The van der Waals surface area contributed by atoms with Crippen LogP contribution in [0.5, 0.6) is 0 Å². The number of nitrogens with two attached hydrogens (primary N) is 1. The molecule has 2 aromatic rings. The van der Waals surface area contributed by atoms with Crippen molar-refractivity contribution >= 4 is 23.4 Å². The molecule has 3 rings (SSSR count). The molecule has 1 amide bonds. The van der Waals surface area contributed by atoms with E-state index in [-0.39, 0.29) is 29.2 Å². The first-order valence-electron chi connectivity index (χ1n) is 10.2. The predicted octanol–water partition coefficient (Wildman–Crippen LogP) is 4.03. The summed E-state index contributed by atoms with van der Waals surface area (Å²) in [5.41, 5.74) is 8.21. The lowest BCUT2D eigenvalue weighted by Crippen LogP contribution is -2.43. The summed E-state index contributed by atoms with van der Waals surface area (Å²) >= 11 is 0. The molecule has 1 heterocycles. The Morgan fingerprint density at radius 1 is 1.24 bits per heavy atom. The number of anilines is 2. The van der Waals surface area contributed by atoms with E-state index < -0.39 is 5.97 Å². The van der Waals surface area contributed by atoms with E-state index in [0.29, 0.717) is 17.3 Å². The maximum absolute atomic E-state index is 13.3. The molecule has 1 aliphatic carbocycles. The third kappa shape index (κ3) is 4.28. The van der Waals surface area contributed by atoms with Crippen LogP contribution in [0, 0.1) is 18.8 Å². The van der Waals surface area contributed by atoms with Gasteiger partial charge >= 0.3 is 5.97 Å². The molecule has 1 aliphatic rings. The van der Waals surface area contributed by atoms with Crippen molar-refractivity contribution in [3.8, 4) is 5.69 Å². The van der Waals surface area contributed by atoms with Crippen molar-refractivity contribution in [3.05, 3.63) is 35.5 Å². The summed E-state index contributed by atoms with van der Waals surface area (Å²) in [6, 6.07) is 5.24. The number of amides is 1. The van der Waals surface area contributed by atoms with Crippen molar-refractivity contribution in [1.29, 1.82) is 0 Å². The zero-order valence-corrected chi connectivity index (χ0v) is 17.6. The van der Waals surface area contributed by atoms with Gasteiger partial charge in [-0.05, 0) is 70.1 Å². The van der Waals surface area contributed by atoms with Crippen LogP contribution in [0.3, 0.4) is 0 Å². The van der Waals surface area contributed by atoms with Gasteiger partial charge in [-0.1, -0.05) is 13.0 Å². The Balaban J connectivity index is 2.01. The molecule has 1 fully saturated rings. The highest BCUT2D eigenvalue weighted by molar-refractivity contribution is 6.01. The quantitative estimate of drug-likeness (QED) is 0.741. The third-order valence-electron chi connectivity index (χ3n) is 5.80. The number of benzene rings is 1. The molecule has 0 radical (unpaired) electrons. The van der Waals surface area contributed by atoms with E-state index in [1.165, 1.54) is 10.9 Å². The first-order valence-corrected chi connectivity index (χ1v) is 10.2. The molecular weight excluding hydrogens is 368 g/mol. The largest absolute Gasteiger partial charge is 0.477 e. The lowest BCUT2D eigenvalue weighted by molar-refractivity contribution is -0.123. The Kier molecular flexibility index (Phi) is 5.96. The van der Waals surface area contributed by atoms with Gasteiger partial charge in [-0.2, -0.15) is 0 Å². The van der Waals surface area contributed by atoms with Crippen LogP contribution in [0.25, 0.3) is 5.69 Å². The van der Waals surface area contributed by atoms with Gasteiger partial charge in [0.05, 0.1) is 5.69 Å². The predicted molar refractivity (Wildman–Crippen MR) is 113 cm³/mol. The summed E-state index contributed by atoms with van der Waals surface area (Å²) < 4.78 is 1.49. The Labute approximate surface area is 171 Å². The van der Waals surface area contributed by atoms with E-state index in [2.05, 4.69) is 12.0 Å². The second kappa shape index (κ2) is 8.27. The second-order valence-corrected chi connectivity index (χ2v) is 8.42. The van der Waals surface area contributed by atoms with E-state index >= 15 is 0 Å². The van der Waals surface area contributed by atoms with Crippen LogP contribution in [-0.4, -0.2) is 32.8 Å². The summed E-state index contributed by atoms with van der Waals surface area (Å²) in [6.45, 7) is 7.88. The van der Waals surface area contributed by atoms with Crippen molar-refractivity contribution in [1.82, 2.24) is 9.78 Å². The van der Waals surface area contributed by atoms with Gasteiger partial charge in [0, 0.05) is 23.8 Å². The van der Waals surface area contributed by atoms with E-state index in [1.54, 1.807) is 11.0 Å². The molecule has 1 aromatic heterocycles. The SMILES string of the molecule is Cc1ccc(-n2cc(C(=O)O)c(N(C(=O)[C@H]3CC[C@H](C)CC3)C(C)C)n2)cc1N. The maximum Gasteiger partial charge on any atom is 0.341 e. The number of nitrogens with zero attached hydrogens (tertiary/aromatic N) is 3. The molecule has 0 spiro atoms. The van der Waals surface area contributed by atoms with Gasteiger partial charge in [0.25, 0.3) is 0 Å². The van der Waals surface area contributed by atoms with Gasteiger partial charge in [0.15, 0.2) is 5.82 Å². The molecule has 0 saturated heterocycles. The molecule has 3 N–H and O–H groups in total. The number of carboxylic acids is 1. The number of nitrogen functional groups attached to an aromatic ring is 1. The van der Waals surface area contributed by atoms with Crippen LogP contribution < -0.4 is 10.6 Å². The average Bonchev–Trinajstić information content (AvgIpc) is 3.09. The highest BCUT2D eigenvalue weighted by Crippen LogP contribution is 2.33. The van der Waals surface area contributed by atoms with Gasteiger partial charge < -0.3 is 10.8 Å². The minimum Gasteiger partial charge on any atom is -0.477 e. The van der Waals surface area contributed by atoms with Crippen molar-refractivity contribution in [2.75, 3.05) is 10.6 Å². The van der Waals surface area contributed by atoms with Gasteiger partial charge in [-0.25, -0.2) is 9.48 Å². The van der Waals surface area contributed by atoms with Crippen LogP contribution in [0.2, 0.25) is 0 Å². The van der Waals surface area contributed by atoms with Gasteiger partial charge in [-0.3, -0.25) is 9.69 Å². The smallest absolute Gasteiger partial charge is 0.341 e. The summed E-state index contributed by atoms with van der Waals surface area (Å²) in [5.74, 6) is -0.414. The van der Waals surface area contributed by atoms with E-state index in [0.717, 1.165) is 31.2 Å². The molecule has 1 aromatic carbocycles. The molecule has 0 atom stereocenters. The van der Waals surface area contributed by atoms with Crippen molar-refractivity contribution in [2.45, 2.75) is 59.4 Å². The monoisotopic (exact) mass is 398 g/mol. The number of aromatic nitrogens is 2. The summed E-state index contributed by atoms with van der Waals surface area (Å²) in [4.78, 5) is 26.8. The molecule has 29 heavy (non-hydrogen) atoms. The van der Waals surface area contributed by atoms with E-state index in [1.807, 2.05) is 32.9 Å². The minimum atomic E-state index is -1.11. The molecule has 156 valence electrons. The first kappa shape index (κ1) is 20.9. The normalized spacial score (nSPS) is 19.3. The summed E-state index contributed by atoms with van der Waals surface area (Å²) in [6.07, 6.45) is 5.16. The van der Waals surface area contributed by atoms with Crippen LogP contribution in [0.1, 0.15) is 62.4 Å². The maximum atomic E-state index is 13.3. The van der Waals surface area contributed by atoms with Crippen molar-refractivity contribution < 1.29 is 14.7 Å². The zero-order valence-electron chi connectivity index (χ0n) is 17.6. The fourth-order valence-corrected chi connectivity index (χ4v) is 3.90. The van der Waals surface area contributed by atoms with E-state index in [4.69, 9.17) is 5.73 Å². The lowest BCUT2D eigenvalue weighted by atomic mass is 9.82. The fourth-order valence-electron chi connectivity index (χ4n) is 3.90. The highest BCUT2D eigenvalue weighted by Gasteiger charge is 2.34. The van der Waals surface area contributed by atoms with Crippen LogP contribution in [0.4, 0.5) is 11.5 Å². The van der Waals surface area contributed by atoms with Gasteiger partial charge in [0.1, 0.15) is 5.56 Å². The molecule has 7 nitrogen and oxygen atoms in total. The molecular formula is C22H30N4O3. The second-order valence-electron chi connectivity index (χ2n) is 8.42. The third-order valence-corrected chi connectivity index (χ3v) is 5.80. The molecule has 0 unspecified atom stereocenters. The number of hydrogen-bond donors (Lipinski definition) is 2. The van der Waals surface area contributed by atoms with Crippen molar-refractivity contribution in [3.63, 3.8) is 0 Å². The Morgan fingerprint density at radius 3 is 2.45 bits per heavy atom. The number of aryl methyl sites for hydroxylation is 1. The number of carbonyl (C=O) groups excluding carboxylic acids is 1. The number of rotatable bonds is 5. The molecule has 0 bridgehead atoms. The van der Waals surface area contributed by atoms with Crippen LogP contribution in [0.15, 0.2) is 24.4 Å². The summed E-state index contributed by atoms with van der Waals surface area (Å²) in [7, 11) is 0. The molecule has 0 aliphatic heterocycles. The Hall–Kier alpha value is -2.83. The fraction of sp³-hybridized carbons (Fsp3) is 0.500. The average molecular weight is 399 g/mol. The number of carbonyl (C=O) groups is 2. The Morgan fingerprint density at radius 2 is 1.90 bits per heavy atom. The Bertz CT molecular complexity index is 911. The van der Waals surface area contributed by atoms with E-state index in [9.17, 15) is 14.7 Å². The standard InChI is InChI=1S/C22H30N4O3/c1-13(2)26(21(27)16-8-5-14(3)6-9-16)20-18(22(28)29)12-25(24-20)17-10-7-15(4)19(23)11-17/h7,10-14,16H,5-6,8-9,23H2,1-4H3,(H,28,29)/t14-,16-. The zero-order chi connectivity index (χ0) is 21.3. The number of carboxylic acid groups (broad SMARTS) is 1. The lowest BCUT2D eigenvalue weighted by Gasteiger charge is -2.32. The molecule has 1 saturated carbocycles. The molecule has 7 heteroatoms. The van der Waals surface area contributed by atoms with Crippen LogP contribution >= 0.6 is 0 Å².